The molecule has 2 rings (SSSR count). The van der Waals surface area contributed by atoms with E-state index in [1.165, 1.54) is 37.2 Å². The number of piperidine rings is 1. The molecule has 1 aliphatic rings. The molecule has 0 saturated carbocycles. The number of aryl methyl sites for hydroxylation is 2. The molecule has 1 fully saturated rings. The largest absolute Gasteiger partial charge is 0.356 e. The zero-order chi connectivity index (χ0) is 17.4. The zero-order valence-corrected chi connectivity index (χ0v) is 19.2. The van der Waals surface area contributed by atoms with E-state index in [9.17, 15) is 0 Å². The first-order valence-electron chi connectivity index (χ1n) is 9.21. The van der Waals surface area contributed by atoms with E-state index in [4.69, 9.17) is 0 Å². The van der Waals surface area contributed by atoms with Crippen LogP contribution in [0.2, 0.25) is 0 Å². The second kappa shape index (κ2) is 12.1. The third kappa shape index (κ3) is 7.78. The van der Waals surface area contributed by atoms with E-state index < -0.39 is 0 Å². The van der Waals surface area contributed by atoms with E-state index in [0.717, 1.165) is 48.6 Å². The number of hydrogen-bond acceptors (Lipinski definition) is 4. The van der Waals surface area contributed by atoms with Crippen LogP contribution in [-0.2, 0) is 6.42 Å². The molecule has 7 heteroatoms. The number of nitrogens with one attached hydrogen (secondary N) is 2. The fraction of sp³-hybridized carbons (Fsp3) is 0.778. The Morgan fingerprint density at radius 1 is 1.28 bits per heavy atom. The van der Waals surface area contributed by atoms with Crippen LogP contribution in [0.15, 0.2) is 4.99 Å². The average molecular weight is 479 g/mol. The van der Waals surface area contributed by atoms with Crippen LogP contribution < -0.4 is 10.6 Å². The van der Waals surface area contributed by atoms with Gasteiger partial charge in [-0.15, -0.1) is 35.3 Å². The van der Waals surface area contributed by atoms with Crippen LogP contribution in [0.4, 0.5) is 0 Å². The van der Waals surface area contributed by atoms with Crippen LogP contribution in [0, 0.1) is 13.8 Å². The number of aromatic nitrogens is 1. The third-order valence-electron chi connectivity index (χ3n) is 4.72. The summed E-state index contributed by atoms with van der Waals surface area (Å²) in [6.07, 6.45) is 6.28. The first kappa shape index (κ1) is 22.6. The van der Waals surface area contributed by atoms with E-state index in [0.29, 0.717) is 0 Å². The van der Waals surface area contributed by atoms with Gasteiger partial charge in [0, 0.05) is 44.0 Å². The summed E-state index contributed by atoms with van der Waals surface area (Å²) in [5.41, 5.74) is 1.16. The Morgan fingerprint density at radius 3 is 2.68 bits per heavy atom. The predicted molar refractivity (Wildman–Crippen MR) is 120 cm³/mol. The van der Waals surface area contributed by atoms with Gasteiger partial charge in [0.25, 0.3) is 0 Å². The number of likely N-dealkylation sites (tertiary alicyclic amines) is 1. The molecule has 0 aromatic carbocycles. The molecule has 25 heavy (non-hydrogen) atoms. The SMILES string of the molecule is CN=C(NCCCN1CCCCC1C)NCCc1sc(C)nc1C.I. The monoisotopic (exact) mass is 479 g/mol. The van der Waals surface area contributed by atoms with Crippen LogP contribution in [-0.4, -0.2) is 55.1 Å². The summed E-state index contributed by atoms with van der Waals surface area (Å²) in [5.74, 6) is 0.903. The van der Waals surface area contributed by atoms with E-state index in [1.807, 2.05) is 7.05 Å². The van der Waals surface area contributed by atoms with Crippen molar-refractivity contribution in [2.24, 2.45) is 4.99 Å². The fourth-order valence-corrected chi connectivity index (χ4v) is 4.24. The molecule has 2 heterocycles. The van der Waals surface area contributed by atoms with Gasteiger partial charge in [0.1, 0.15) is 0 Å². The van der Waals surface area contributed by atoms with Gasteiger partial charge in [-0.2, -0.15) is 0 Å². The van der Waals surface area contributed by atoms with E-state index in [2.05, 4.69) is 46.3 Å². The normalized spacial score (nSPS) is 18.7. The summed E-state index contributed by atoms with van der Waals surface area (Å²) >= 11 is 1.79. The summed E-state index contributed by atoms with van der Waals surface area (Å²) < 4.78 is 0. The van der Waals surface area contributed by atoms with Crippen molar-refractivity contribution in [2.75, 3.05) is 33.2 Å². The molecule has 144 valence electrons. The molecule has 0 spiro atoms. The number of aliphatic imine (C=N–C) groups is 1. The second-order valence-corrected chi connectivity index (χ2v) is 7.94. The smallest absolute Gasteiger partial charge is 0.190 e. The Balaban J connectivity index is 0.00000312. The van der Waals surface area contributed by atoms with Crippen LogP contribution in [0.1, 0.15) is 48.2 Å². The molecular weight excluding hydrogens is 445 g/mol. The predicted octanol–water partition coefficient (Wildman–Crippen LogP) is 3.35. The van der Waals surface area contributed by atoms with Crippen molar-refractivity contribution >= 4 is 41.3 Å². The molecule has 5 nitrogen and oxygen atoms in total. The van der Waals surface area contributed by atoms with Gasteiger partial charge in [0.05, 0.1) is 10.7 Å². The lowest BCUT2D eigenvalue weighted by molar-refractivity contribution is 0.159. The highest BCUT2D eigenvalue weighted by molar-refractivity contribution is 14.0. The molecule has 1 aromatic heterocycles. The summed E-state index contributed by atoms with van der Waals surface area (Å²) in [7, 11) is 1.84. The molecule has 0 bridgehead atoms. The lowest BCUT2D eigenvalue weighted by atomic mass is 10.0. The first-order chi connectivity index (χ1) is 11.6. The minimum Gasteiger partial charge on any atom is -0.356 e. The van der Waals surface area contributed by atoms with Gasteiger partial charge in [0.15, 0.2) is 5.96 Å². The average Bonchev–Trinajstić information content (AvgIpc) is 2.89. The highest BCUT2D eigenvalue weighted by Crippen LogP contribution is 2.17. The van der Waals surface area contributed by atoms with Crippen molar-refractivity contribution in [3.05, 3.63) is 15.6 Å². The number of halogens is 1. The van der Waals surface area contributed by atoms with Gasteiger partial charge in [-0.1, -0.05) is 6.42 Å². The molecule has 1 unspecified atom stereocenters. The van der Waals surface area contributed by atoms with Crippen molar-refractivity contribution in [3.8, 4) is 0 Å². The maximum absolute atomic E-state index is 4.48. The highest BCUT2D eigenvalue weighted by atomic mass is 127. The van der Waals surface area contributed by atoms with Crippen LogP contribution in [0.25, 0.3) is 0 Å². The third-order valence-corrected chi connectivity index (χ3v) is 5.86. The van der Waals surface area contributed by atoms with Crippen molar-refractivity contribution in [1.29, 1.82) is 0 Å². The first-order valence-corrected chi connectivity index (χ1v) is 10.0. The van der Waals surface area contributed by atoms with Crippen LogP contribution in [0.3, 0.4) is 0 Å². The Labute approximate surface area is 174 Å². The van der Waals surface area contributed by atoms with Crippen molar-refractivity contribution in [2.45, 2.75) is 58.9 Å². The Kier molecular flexibility index (Phi) is 10.9. The molecule has 0 amide bonds. The molecule has 1 aromatic rings. The minimum absolute atomic E-state index is 0. The Hall–Kier alpha value is -0.410. The minimum atomic E-state index is 0. The fourth-order valence-electron chi connectivity index (χ4n) is 3.30. The van der Waals surface area contributed by atoms with Gasteiger partial charge in [-0.3, -0.25) is 4.99 Å². The van der Waals surface area contributed by atoms with Crippen LogP contribution >= 0.6 is 35.3 Å². The standard InChI is InChI=1S/C18H33N5S.HI/c1-14-8-5-6-12-23(14)13-7-10-20-18(19-4)21-11-9-17-15(2)22-16(3)24-17;/h14H,5-13H2,1-4H3,(H2,19,20,21);1H. The number of thiazole rings is 1. The topological polar surface area (TPSA) is 52.6 Å². The van der Waals surface area contributed by atoms with Gasteiger partial charge in [-0.05, 0) is 46.6 Å². The second-order valence-electron chi connectivity index (χ2n) is 6.65. The van der Waals surface area contributed by atoms with Crippen molar-refractivity contribution < 1.29 is 0 Å². The van der Waals surface area contributed by atoms with Crippen molar-refractivity contribution in [1.82, 2.24) is 20.5 Å². The quantitative estimate of drug-likeness (QED) is 0.273. The molecule has 0 aliphatic carbocycles. The number of hydrogen-bond donors (Lipinski definition) is 2. The Morgan fingerprint density at radius 2 is 2.04 bits per heavy atom. The van der Waals surface area contributed by atoms with Gasteiger partial charge in [-0.25, -0.2) is 4.98 Å². The zero-order valence-electron chi connectivity index (χ0n) is 16.1. The number of rotatable bonds is 7. The lowest BCUT2D eigenvalue weighted by Gasteiger charge is -2.33. The van der Waals surface area contributed by atoms with E-state index in [-0.39, 0.29) is 24.0 Å². The highest BCUT2D eigenvalue weighted by Gasteiger charge is 2.17. The Bertz CT molecular complexity index is 532. The maximum atomic E-state index is 4.48. The molecule has 1 aliphatic heterocycles. The lowest BCUT2D eigenvalue weighted by Crippen LogP contribution is -2.41. The van der Waals surface area contributed by atoms with Crippen molar-refractivity contribution in [3.63, 3.8) is 0 Å². The number of nitrogens with zero attached hydrogens (tertiary/aromatic N) is 3. The maximum Gasteiger partial charge on any atom is 0.190 e. The van der Waals surface area contributed by atoms with E-state index in [1.54, 1.807) is 11.3 Å². The van der Waals surface area contributed by atoms with E-state index >= 15 is 0 Å². The molecule has 0 radical (unpaired) electrons. The summed E-state index contributed by atoms with van der Waals surface area (Å²) in [6.45, 7) is 10.8. The molecular formula is C18H34IN5S. The van der Waals surface area contributed by atoms with Gasteiger partial charge >= 0.3 is 0 Å². The summed E-state index contributed by atoms with van der Waals surface area (Å²) in [5, 5.41) is 7.99. The van der Waals surface area contributed by atoms with Gasteiger partial charge in [0.2, 0.25) is 0 Å². The van der Waals surface area contributed by atoms with Crippen LogP contribution in [0.5, 0.6) is 0 Å². The number of guanidine groups is 1. The van der Waals surface area contributed by atoms with Gasteiger partial charge < -0.3 is 15.5 Å². The molecule has 2 N–H and O–H groups in total. The molecule has 1 atom stereocenters. The summed E-state index contributed by atoms with van der Waals surface area (Å²) in [6, 6.07) is 0.752. The molecule has 1 saturated heterocycles. The summed E-state index contributed by atoms with van der Waals surface area (Å²) in [4.78, 5) is 12.8.